The number of hydrogen-bond acceptors (Lipinski definition) is 1. The van der Waals surface area contributed by atoms with Gasteiger partial charge >= 0.3 is 0 Å². The van der Waals surface area contributed by atoms with Gasteiger partial charge in [-0.05, 0) is 23.8 Å². The maximum absolute atomic E-state index is 10.1. The van der Waals surface area contributed by atoms with Gasteiger partial charge in [-0.25, -0.2) is 0 Å². The second kappa shape index (κ2) is 5.35. The maximum Gasteiger partial charge on any atom is 0.123 e. The molecule has 13 heavy (non-hydrogen) atoms. The predicted octanol–water partition coefficient (Wildman–Crippen LogP) is 3.81. The average molecular weight is 304 g/mol. The molecule has 0 unspecified atom stereocenters. The lowest BCUT2D eigenvalue weighted by Gasteiger charge is -1.96. The summed E-state index contributed by atoms with van der Waals surface area (Å²) >= 11 is 6.78. The Kier molecular flexibility index (Phi) is 4.39. The Morgan fingerprint density at radius 3 is 2.31 bits per heavy atom. The molecule has 1 aromatic rings. The van der Waals surface area contributed by atoms with Gasteiger partial charge < -0.3 is 4.79 Å². The summed E-state index contributed by atoms with van der Waals surface area (Å²) in [5.41, 5.74) is 1.07. The topological polar surface area (TPSA) is 17.1 Å². The third-order valence-corrected chi connectivity index (χ3v) is 2.34. The first kappa shape index (κ1) is 10.7. The number of carbonyl (C=O) groups excluding carboxylic acids is 1. The first-order valence-corrected chi connectivity index (χ1v) is 5.37. The van der Waals surface area contributed by atoms with Crippen LogP contribution >= 0.6 is 31.9 Å². The summed E-state index contributed by atoms with van der Waals surface area (Å²) in [5.74, 6) is 0. The van der Waals surface area contributed by atoms with E-state index in [2.05, 4.69) is 31.9 Å². The molecule has 1 nitrogen and oxygen atoms in total. The molecule has 0 N–H and O–H groups in total. The quantitative estimate of drug-likeness (QED) is 0.776. The summed E-state index contributed by atoms with van der Waals surface area (Å²) in [7, 11) is 0. The number of hydrogen-bond donors (Lipinski definition) is 0. The normalized spacial score (nSPS) is 10.6. The van der Waals surface area contributed by atoms with Crippen molar-refractivity contribution < 1.29 is 4.79 Å². The van der Waals surface area contributed by atoms with Crippen LogP contribution < -0.4 is 0 Å². The molecule has 0 spiro atoms. The number of carbonyl (C=O) groups is 1. The molecule has 0 aliphatic heterocycles. The maximum atomic E-state index is 10.1. The van der Waals surface area contributed by atoms with E-state index in [4.69, 9.17) is 0 Å². The van der Waals surface area contributed by atoms with E-state index >= 15 is 0 Å². The first-order chi connectivity index (χ1) is 6.22. The standard InChI is InChI=1S/C10H8Br2O/c11-9-5-8(3-1-2-4-13)6-10(12)7-9/h1,3-7H,2H2/b3-1+. The van der Waals surface area contributed by atoms with E-state index in [1.54, 1.807) is 0 Å². The number of halogens is 2. The molecular formula is C10H8Br2O. The SMILES string of the molecule is O=CC/C=C/c1cc(Br)cc(Br)c1. The Bertz CT molecular complexity index is 311. The molecule has 0 heterocycles. The van der Waals surface area contributed by atoms with Gasteiger partial charge in [-0.3, -0.25) is 0 Å². The zero-order chi connectivity index (χ0) is 9.68. The molecule has 0 fully saturated rings. The zero-order valence-electron chi connectivity index (χ0n) is 6.84. The smallest absolute Gasteiger partial charge is 0.123 e. The van der Waals surface area contributed by atoms with Crippen LogP contribution in [-0.4, -0.2) is 6.29 Å². The molecule has 0 atom stereocenters. The van der Waals surface area contributed by atoms with E-state index in [9.17, 15) is 4.79 Å². The Balaban J connectivity index is 2.82. The van der Waals surface area contributed by atoms with Gasteiger partial charge in [0.1, 0.15) is 6.29 Å². The summed E-state index contributed by atoms with van der Waals surface area (Å²) in [4.78, 5) is 10.1. The third-order valence-electron chi connectivity index (χ3n) is 1.43. The van der Waals surface area contributed by atoms with Crippen molar-refractivity contribution in [2.45, 2.75) is 6.42 Å². The third kappa shape index (κ3) is 3.87. The summed E-state index contributed by atoms with van der Waals surface area (Å²) in [6.07, 6.45) is 5.10. The zero-order valence-corrected chi connectivity index (χ0v) is 10.0. The summed E-state index contributed by atoms with van der Waals surface area (Å²) in [6, 6.07) is 5.95. The van der Waals surface area contributed by atoms with Gasteiger partial charge in [-0.1, -0.05) is 44.0 Å². The second-order valence-electron chi connectivity index (χ2n) is 2.51. The fourth-order valence-corrected chi connectivity index (χ4v) is 2.26. The summed E-state index contributed by atoms with van der Waals surface area (Å²) in [6.45, 7) is 0. The molecule has 0 aromatic heterocycles. The van der Waals surface area contributed by atoms with Gasteiger partial charge in [0, 0.05) is 15.4 Å². The minimum Gasteiger partial charge on any atom is -0.303 e. The lowest BCUT2D eigenvalue weighted by molar-refractivity contribution is -0.107. The molecule has 3 heteroatoms. The van der Waals surface area contributed by atoms with Crippen molar-refractivity contribution in [1.29, 1.82) is 0 Å². The molecule has 0 radical (unpaired) electrons. The Morgan fingerprint density at radius 1 is 1.15 bits per heavy atom. The highest BCUT2D eigenvalue weighted by molar-refractivity contribution is 9.11. The van der Waals surface area contributed by atoms with E-state index in [-0.39, 0.29) is 0 Å². The molecule has 1 rings (SSSR count). The molecule has 1 aromatic carbocycles. The first-order valence-electron chi connectivity index (χ1n) is 3.78. The van der Waals surface area contributed by atoms with Crippen LogP contribution in [0.4, 0.5) is 0 Å². The Hall–Kier alpha value is -0.410. The Labute approximate surface area is 94.1 Å². The summed E-state index contributed by atoms with van der Waals surface area (Å²) < 4.78 is 2.04. The van der Waals surface area contributed by atoms with E-state index in [0.29, 0.717) is 6.42 Å². The van der Waals surface area contributed by atoms with Crippen LogP contribution in [0.3, 0.4) is 0 Å². The van der Waals surface area contributed by atoms with Crippen LogP contribution in [0, 0.1) is 0 Å². The molecule has 0 aliphatic carbocycles. The molecule has 0 bridgehead atoms. The van der Waals surface area contributed by atoms with Crippen molar-refractivity contribution in [3.63, 3.8) is 0 Å². The predicted molar refractivity (Wildman–Crippen MR) is 61.6 cm³/mol. The lowest BCUT2D eigenvalue weighted by Crippen LogP contribution is -1.74. The van der Waals surface area contributed by atoms with Crippen molar-refractivity contribution in [2.75, 3.05) is 0 Å². The van der Waals surface area contributed by atoms with Crippen LogP contribution in [0.5, 0.6) is 0 Å². The molecule has 0 aliphatic rings. The highest BCUT2D eigenvalue weighted by atomic mass is 79.9. The van der Waals surface area contributed by atoms with Gasteiger partial charge in [0.15, 0.2) is 0 Å². The minimum atomic E-state index is 0.462. The van der Waals surface area contributed by atoms with Gasteiger partial charge in [0.25, 0.3) is 0 Å². The Morgan fingerprint density at radius 2 is 1.77 bits per heavy atom. The number of allylic oxidation sites excluding steroid dienone is 1. The van der Waals surface area contributed by atoms with Crippen LogP contribution in [0.25, 0.3) is 6.08 Å². The van der Waals surface area contributed by atoms with Crippen LogP contribution in [0.2, 0.25) is 0 Å². The van der Waals surface area contributed by atoms with Crippen molar-refractivity contribution in [2.24, 2.45) is 0 Å². The largest absolute Gasteiger partial charge is 0.303 e. The van der Waals surface area contributed by atoms with Crippen LogP contribution in [0.15, 0.2) is 33.2 Å². The van der Waals surface area contributed by atoms with Gasteiger partial charge in [-0.2, -0.15) is 0 Å². The minimum absolute atomic E-state index is 0.462. The lowest BCUT2D eigenvalue weighted by atomic mass is 10.2. The highest BCUT2D eigenvalue weighted by Gasteiger charge is 1.93. The van der Waals surface area contributed by atoms with Crippen molar-refractivity contribution >= 4 is 44.2 Å². The molecular weight excluding hydrogens is 296 g/mol. The molecule has 0 amide bonds. The van der Waals surface area contributed by atoms with E-state index in [1.165, 1.54) is 0 Å². The highest BCUT2D eigenvalue weighted by Crippen LogP contribution is 2.20. The summed E-state index contributed by atoms with van der Waals surface area (Å²) in [5, 5.41) is 0. The van der Waals surface area contributed by atoms with Gasteiger partial charge in [0.2, 0.25) is 0 Å². The van der Waals surface area contributed by atoms with Gasteiger partial charge in [0.05, 0.1) is 0 Å². The number of rotatable bonds is 3. The monoisotopic (exact) mass is 302 g/mol. The number of benzene rings is 1. The van der Waals surface area contributed by atoms with E-state index in [0.717, 1.165) is 20.8 Å². The average Bonchev–Trinajstić information content (AvgIpc) is 2.03. The van der Waals surface area contributed by atoms with Crippen LogP contribution in [0.1, 0.15) is 12.0 Å². The molecule has 68 valence electrons. The fourth-order valence-electron chi connectivity index (χ4n) is 0.931. The molecule has 0 saturated heterocycles. The van der Waals surface area contributed by atoms with Crippen molar-refractivity contribution in [3.05, 3.63) is 38.8 Å². The van der Waals surface area contributed by atoms with Crippen LogP contribution in [-0.2, 0) is 4.79 Å². The second-order valence-corrected chi connectivity index (χ2v) is 4.34. The van der Waals surface area contributed by atoms with E-state index in [1.807, 2.05) is 30.4 Å². The van der Waals surface area contributed by atoms with Gasteiger partial charge in [-0.15, -0.1) is 0 Å². The van der Waals surface area contributed by atoms with Crippen molar-refractivity contribution in [3.8, 4) is 0 Å². The fraction of sp³-hybridized carbons (Fsp3) is 0.100. The molecule has 0 saturated carbocycles. The number of aldehydes is 1. The van der Waals surface area contributed by atoms with E-state index < -0.39 is 0 Å². The van der Waals surface area contributed by atoms with Crippen molar-refractivity contribution in [1.82, 2.24) is 0 Å².